The lowest BCUT2D eigenvalue weighted by Gasteiger charge is -2.22. The summed E-state index contributed by atoms with van der Waals surface area (Å²) >= 11 is 0. The van der Waals surface area contributed by atoms with E-state index in [9.17, 15) is 9.59 Å². The number of fused-ring (bicyclic) bond motifs is 1. The Morgan fingerprint density at radius 2 is 1.85 bits per heavy atom. The van der Waals surface area contributed by atoms with Gasteiger partial charge in [-0.3, -0.25) is 9.80 Å². The van der Waals surface area contributed by atoms with E-state index in [2.05, 4.69) is 10.3 Å². The molecule has 140 valence electrons. The first kappa shape index (κ1) is 18.6. The van der Waals surface area contributed by atoms with Crippen LogP contribution in [0.15, 0.2) is 58.9 Å². The molecule has 1 heterocycles. The fourth-order valence-electron chi connectivity index (χ4n) is 3.09. The van der Waals surface area contributed by atoms with Crippen molar-refractivity contribution in [1.29, 1.82) is 0 Å². The lowest BCUT2D eigenvalue weighted by atomic mass is 10.1. The molecule has 0 radical (unpaired) electrons. The SMILES string of the molecule is C[C@H]1Cc2ccccc2N1C(=O)COC(=O)c1ccccc1N=NN(C)C. The number of rotatable bonds is 5. The van der Waals surface area contributed by atoms with Crippen molar-refractivity contribution in [1.82, 2.24) is 5.01 Å². The molecule has 7 nitrogen and oxygen atoms in total. The third-order valence-electron chi connectivity index (χ3n) is 4.26. The zero-order valence-electron chi connectivity index (χ0n) is 15.6. The van der Waals surface area contributed by atoms with Crippen LogP contribution in [0.3, 0.4) is 0 Å². The average Bonchev–Trinajstić information content (AvgIpc) is 3.00. The molecular weight excluding hydrogens is 344 g/mol. The van der Waals surface area contributed by atoms with E-state index in [0.717, 1.165) is 17.7 Å². The molecule has 1 amide bonds. The Hall–Kier alpha value is -3.22. The van der Waals surface area contributed by atoms with Gasteiger partial charge >= 0.3 is 5.97 Å². The summed E-state index contributed by atoms with van der Waals surface area (Å²) in [6.07, 6.45) is 0.795. The second-order valence-electron chi connectivity index (χ2n) is 6.58. The van der Waals surface area contributed by atoms with Crippen LogP contribution in [0, 0.1) is 0 Å². The topological polar surface area (TPSA) is 74.6 Å². The van der Waals surface area contributed by atoms with E-state index < -0.39 is 5.97 Å². The van der Waals surface area contributed by atoms with Gasteiger partial charge in [0.25, 0.3) is 5.91 Å². The molecule has 2 aromatic carbocycles. The molecule has 27 heavy (non-hydrogen) atoms. The third kappa shape index (κ3) is 4.13. The summed E-state index contributed by atoms with van der Waals surface area (Å²) in [6, 6.07) is 14.6. The first-order chi connectivity index (χ1) is 13.0. The summed E-state index contributed by atoms with van der Waals surface area (Å²) in [5, 5.41) is 9.46. The average molecular weight is 366 g/mol. The fraction of sp³-hybridized carbons (Fsp3) is 0.300. The maximum Gasteiger partial charge on any atom is 0.340 e. The molecule has 1 aliphatic rings. The minimum atomic E-state index is -0.600. The number of hydrogen-bond donors (Lipinski definition) is 0. The minimum Gasteiger partial charge on any atom is -0.452 e. The maximum atomic E-state index is 12.7. The van der Waals surface area contributed by atoms with Gasteiger partial charge < -0.3 is 9.64 Å². The van der Waals surface area contributed by atoms with E-state index in [1.54, 1.807) is 43.3 Å². The molecule has 0 saturated heterocycles. The summed E-state index contributed by atoms with van der Waals surface area (Å²) in [4.78, 5) is 26.8. The summed E-state index contributed by atoms with van der Waals surface area (Å²) in [5.74, 6) is -0.843. The first-order valence-corrected chi connectivity index (χ1v) is 8.72. The summed E-state index contributed by atoms with van der Waals surface area (Å²) in [7, 11) is 3.47. The van der Waals surface area contributed by atoms with Gasteiger partial charge in [0.15, 0.2) is 6.61 Å². The second-order valence-corrected chi connectivity index (χ2v) is 6.58. The Morgan fingerprint density at radius 1 is 1.15 bits per heavy atom. The molecule has 1 aliphatic heterocycles. The first-order valence-electron chi connectivity index (χ1n) is 8.72. The highest BCUT2D eigenvalue weighted by Gasteiger charge is 2.31. The number of anilines is 1. The van der Waals surface area contributed by atoms with Gasteiger partial charge in [-0.1, -0.05) is 35.6 Å². The van der Waals surface area contributed by atoms with E-state index in [4.69, 9.17) is 4.74 Å². The number of hydrogen-bond acceptors (Lipinski definition) is 5. The molecule has 0 unspecified atom stereocenters. The number of benzene rings is 2. The molecule has 7 heteroatoms. The van der Waals surface area contributed by atoms with Gasteiger partial charge in [0, 0.05) is 25.8 Å². The molecule has 0 fully saturated rings. The molecule has 0 aliphatic carbocycles. The quantitative estimate of drug-likeness (QED) is 0.462. The Kier molecular flexibility index (Phi) is 5.49. The zero-order valence-corrected chi connectivity index (χ0v) is 15.6. The van der Waals surface area contributed by atoms with Crippen LogP contribution in [0.2, 0.25) is 0 Å². The monoisotopic (exact) mass is 366 g/mol. The molecule has 0 N–H and O–H groups in total. The van der Waals surface area contributed by atoms with Crippen LogP contribution in [0.1, 0.15) is 22.8 Å². The number of carbonyl (C=O) groups excluding carboxylic acids is 2. The molecular formula is C20H22N4O3. The van der Waals surface area contributed by atoms with Gasteiger partial charge in [0.05, 0.1) is 5.56 Å². The molecule has 1 atom stereocenters. The molecule has 0 bridgehead atoms. The smallest absolute Gasteiger partial charge is 0.340 e. The molecule has 0 spiro atoms. The van der Waals surface area contributed by atoms with Crippen molar-refractivity contribution in [3.63, 3.8) is 0 Å². The van der Waals surface area contributed by atoms with Crippen molar-refractivity contribution >= 4 is 23.3 Å². The highest BCUT2D eigenvalue weighted by molar-refractivity contribution is 6.00. The normalized spacial score (nSPS) is 15.7. The van der Waals surface area contributed by atoms with Crippen molar-refractivity contribution in [2.75, 3.05) is 25.6 Å². The predicted octanol–water partition coefficient (Wildman–Crippen LogP) is 3.38. The van der Waals surface area contributed by atoms with Gasteiger partial charge in [0.1, 0.15) is 5.69 Å². The standard InChI is InChI=1S/C20H22N4O3/c1-14-12-15-8-4-7-11-18(15)24(14)19(25)13-27-20(26)16-9-5-6-10-17(16)21-22-23(2)3/h4-11,14H,12-13H2,1-3H3/t14-/m0/s1. The Morgan fingerprint density at radius 3 is 2.63 bits per heavy atom. The highest BCUT2D eigenvalue weighted by Crippen LogP contribution is 2.31. The zero-order chi connectivity index (χ0) is 19.4. The van der Waals surface area contributed by atoms with Crippen molar-refractivity contribution in [3.05, 3.63) is 59.7 Å². The maximum absolute atomic E-state index is 12.7. The number of carbonyl (C=O) groups is 2. The van der Waals surface area contributed by atoms with Gasteiger partial charge in [-0.2, -0.15) is 0 Å². The van der Waals surface area contributed by atoms with Crippen LogP contribution < -0.4 is 4.90 Å². The Bertz CT molecular complexity index is 879. The lowest BCUT2D eigenvalue weighted by molar-refractivity contribution is -0.122. The van der Waals surface area contributed by atoms with Crippen molar-refractivity contribution in [2.24, 2.45) is 10.3 Å². The molecule has 0 saturated carbocycles. The predicted molar refractivity (Wildman–Crippen MR) is 102 cm³/mol. The number of esters is 1. The number of amides is 1. The van der Waals surface area contributed by atoms with E-state index >= 15 is 0 Å². The van der Waals surface area contributed by atoms with Crippen molar-refractivity contribution in [3.8, 4) is 0 Å². The van der Waals surface area contributed by atoms with Crippen molar-refractivity contribution < 1.29 is 14.3 Å². The second kappa shape index (κ2) is 7.99. The van der Waals surface area contributed by atoms with Crippen LogP contribution in [0.4, 0.5) is 11.4 Å². The Balaban J connectivity index is 1.69. The lowest BCUT2D eigenvalue weighted by Crippen LogP contribution is -2.38. The number of nitrogens with zero attached hydrogens (tertiary/aromatic N) is 4. The van der Waals surface area contributed by atoms with Crippen LogP contribution in [0.5, 0.6) is 0 Å². The molecule has 3 rings (SSSR count). The highest BCUT2D eigenvalue weighted by atomic mass is 16.5. The summed E-state index contributed by atoms with van der Waals surface area (Å²) in [5.41, 5.74) is 2.67. The van der Waals surface area contributed by atoms with Gasteiger partial charge in [-0.25, -0.2) is 4.79 Å². The minimum absolute atomic E-state index is 0.0368. The Labute approximate surface area is 158 Å². The summed E-state index contributed by atoms with van der Waals surface area (Å²) < 4.78 is 5.27. The van der Waals surface area contributed by atoms with E-state index in [1.165, 1.54) is 5.01 Å². The largest absolute Gasteiger partial charge is 0.452 e. The van der Waals surface area contributed by atoms with E-state index in [-0.39, 0.29) is 24.1 Å². The van der Waals surface area contributed by atoms with Crippen LogP contribution in [-0.2, 0) is 16.0 Å². The molecule has 2 aromatic rings. The van der Waals surface area contributed by atoms with Crippen LogP contribution >= 0.6 is 0 Å². The number of para-hydroxylation sites is 1. The van der Waals surface area contributed by atoms with Crippen molar-refractivity contribution in [2.45, 2.75) is 19.4 Å². The van der Waals surface area contributed by atoms with Gasteiger partial charge in [-0.05, 0) is 37.1 Å². The third-order valence-corrected chi connectivity index (χ3v) is 4.26. The van der Waals surface area contributed by atoms with Gasteiger partial charge in [-0.15, -0.1) is 5.11 Å². The number of ether oxygens (including phenoxy) is 1. The summed E-state index contributed by atoms with van der Waals surface area (Å²) in [6.45, 7) is 1.66. The van der Waals surface area contributed by atoms with Gasteiger partial charge in [0.2, 0.25) is 0 Å². The van der Waals surface area contributed by atoms with E-state index in [1.807, 2.05) is 31.2 Å². The van der Waals surface area contributed by atoms with Crippen LogP contribution in [-0.4, -0.2) is 43.6 Å². The fourth-order valence-corrected chi connectivity index (χ4v) is 3.09. The van der Waals surface area contributed by atoms with E-state index in [0.29, 0.717) is 5.69 Å². The van der Waals surface area contributed by atoms with Crippen LogP contribution in [0.25, 0.3) is 0 Å². The molecule has 0 aromatic heterocycles.